The average molecular weight is 468 g/mol. The molecule has 0 saturated carbocycles. The van der Waals surface area contributed by atoms with Crippen molar-refractivity contribution in [2.75, 3.05) is 16.8 Å². The molecule has 0 aromatic heterocycles. The Morgan fingerprint density at radius 2 is 1.48 bits per heavy atom. The number of halogens is 4. The Bertz CT molecular complexity index is 1030. The second-order valence-corrected chi connectivity index (χ2v) is 6.97. The molecule has 0 bridgehead atoms. The molecule has 1 amide bonds. The lowest BCUT2D eigenvalue weighted by Crippen LogP contribution is -2.51. The van der Waals surface area contributed by atoms with Gasteiger partial charge in [-0.2, -0.15) is 17.6 Å². The van der Waals surface area contributed by atoms with Crippen molar-refractivity contribution in [1.29, 1.82) is 0 Å². The second-order valence-electron chi connectivity index (χ2n) is 6.97. The van der Waals surface area contributed by atoms with E-state index in [0.717, 1.165) is 4.90 Å². The average Bonchev–Trinajstić information content (AvgIpc) is 3.00. The fourth-order valence-electron chi connectivity index (χ4n) is 3.29. The van der Waals surface area contributed by atoms with Crippen LogP contribution >= 0.6 is 0 Å². The smallest absolute Gasteiger partial charge is 0.387 e. The number of carbonyl (C=O) groups is 2. The van der Waals surface area contributed by atoms with Crippen molar-refractivity contribution < 1.29 is 41.4 Å². The van der Waals surface area contributed by atoms with Crippen molar-refractivity contribution in [3.05, 3.63) is 60.3 Å². The highest BCUT2D eigenvalue weighted by molar-refractivity contribution is 6.16. The van der Waals surface area contributed by atoms with Gasteiger partial charge in [0, 0.05) is 11.4 Å². The maximum Gasteiger partial charge on any atom is 0.387 e. The van der Waals surface area contributed by atoms with E-state index in [1.165, 1.54) is 61.5 Å². The second kappa shape index (κ2) is 9.80. The minimum Gasteiger partial charge on any atom is -0.464 e. The van der Waals surface area contributed by atoms with Crippen LogP contribution in [0.4, 0.5) is 28.9 Å². The van der Waals surface area contributed by atoms with Gasteiger partial charge in [-0.15, -0.1) is 0 Å². The summed E-state index contributed by atoms with van der Waals surface area (Å²) in [6.07, 6.45) is 1.38. The van der Waals surface area contributed by atoms with Crippen LogP contribution in [0.2, 0.25) is 0 Å². The first-order valence-corrected chi connectivity index (χ1v) is 9.75. The molecule has 1 unspecified atom stereocenters. The largest absolute Gasteiger partial charge is 0.464 e. The van der Waals surface area contributed by atoms with Crippen LogP contribution in [0.1, 0.15) is 13.8 Å². The molecule has 1 aliphatic heterocycles. The number of rotatable bonds is 9. The summed E-state index contributed by atoms with van der Waals surface area (Å²) < 4.78 is 63.3. The Morgan fingerprint density at radius 3 is 1.97 bits per heavy atom. The molecule has 0 saturated heterocycles. The molecule has 0 fully saturated rings. The zero-order valence-corrected chi connectivity index (χ0v) is 17.6. The number of alkyl halides is 4. The molecular weight excluding hydrogens is 448 g/mol. The van der Waals surface area contributed by atoms with Gasteiger partial charge in [0.2, 0.25) is 0 Å². The summed E-state index contributed by atoms with van der Waals surface area (Å²) in [6.45, 7) is -2.83. The number of hydrogen-bond donors (Lipinski definition) is 1. The highest BCUT2D eigenvalue weighted by Crippen LogP contribution is 2.36. The highest BCUT2D eigenvalue weighted by Gasteiger charge is 2.49. The molecule has 1 atom stereocenters. The van der Waals surface area contributed by atoms with Crippen molar-refractivity contribution >= 4 is 23.3 Å². The van der Waals surface area contributed by atoms with Gasteiger partial charge in [0.15, 0.2) is 5.54 Å². The summed E-state index contributed by atoms with van der Waals surface area (Å²) >= 11 is 0. The summed E-state index contributed by atoms with van der Waals surface area (Å²) in [6, 6.07) is 10.6. The van der Waals surface area contributed by atoms with Crippen LogP contribution in [0.15, 0.2) is 60.3 Å². The minimum atomic E-state index is -3.01. The monoisotopic (exact) mass is 468 g/mol. The van der Waals surface area contributed by atoms with Crippen LogP contribution in [-0.4, -0.2) is 37.2 Å². The number of benzene rings is 2. The first kappa shape index (κ1) is 23.9. The van der Waals surface area contributed by atoms with Gasteiger partial charge in [-0.1, -0.05) is 0 Å². The van der Waals surface area contributed by atoms with Gasteiger partial charge in [-0.3, -0.25) is 9.69 Å². The van der Waals surface area contributed by atoms with Crippen LogP contribution in [0.3, 0.4) is 0 Å². The third-order valence-corrected chi connectivity index (χ3v) is 4.69. The van der Waals surface area contributed by atoms with Crippen molar-refractivity contribution in [2.45, 2.75) is 32.6 Å². The number of hydrogen-bond acceptors (Lipinski definition) is 6. The number of esters is 1. The number of carbonyl (C=O) groups excluding carboxylic acids is 2. The van der Waals surface area contributed by atoms with Crippen molar-refractivity contribution in [3.8, 4) is 11.5 Å². The van der Waals surface area contributed by atoms with Gasteiger partial charge in [0.1, 0.15) is 17.2 Å². The number of nitrogens with one attached hydrogen (secondary N) is 1. The number of amides is 1. The summed E-state index contributed by atoms with van der Waals surface area (Å²) in [7, 11) is 0. The van der Waals surface area contributed by atoms with Crippen LogP contribution in [0, 0.1) is 0 Å². The van der Waals surface area contributed by atoms with E-state index >= 15 is 0 Å². The molecule has 2 aromatic carbocycles. The molecule has 7 nitrogen and oxygen atoms in total. The molecule has 176 valence electrons. The van der Waals surface area contributed by atoms with E-state index < -0.39 is 30.6 Å². The molecule has 33 heavy (non-hydrogen) atoms. The van der Waals surface area contributed by atoms with E-state index in [1.807, 2.05) is 0 Å². The topological polar surface area (TPSA) is 77.1 Å². The third kappa shape index (κ3) is 5.36. The Hall–Kier alpha value is -3.76. The van der Waals surface area contributed by atoms with E-state index in [4.69, 9.17) is 4.74 Å². The molecule has 2 aromatic rings. The van der Waals surface area contributed by atoms with Gasteiger partial charge in [-0.25, -0.2) is 4.79 Å². The van der Waals surface area contributed by atoms with Crippen LogP contribution in [-0.2, 0) is 14.3 Å². The number of ether oxygens (including phenoxy) is 3. The lowest BCUT2D eigenvalue weighted by molar-refractivity contribution is -0.147. The molecule has 0 aliphatic carbocycles. The molecular formula is C22H20F4N2O5. The Labute approximate surface area is 186 Å². The molecule has 1 heterocycles. The lowest BCUT2D eigenvalue weighted by Gasteiger charge is -2.32. The summed E-state index contributed by atoms with van der Waals surface area (Å²) in [5.41, 5.74) is -0.893. The van der Waals surface area contributed by atoms with Gasteiger partial charge in [0.05, 0.1) is 6.61 Å². The fourth-order valence-corrected chi connectivity index (χ4v) is 3.29. The predicted octanol–water partition coefficient (Wildman–Crippen LogP) is 4.55. The van der Waals surface area contributed by atoms with E-state index in [0.29, 0.717) is 5.69 Å². The van der Waals surface area contributed by atoms with E-state index in [-0.39, 0.29) is 29.5 Å². The molecule has 0 spiro atoms. The molecule has 1 N–H and O–H groups in total. The van der Waals surface area contributed by atoms with Crippen LogP contribution in [0.5, 0.6) is 11.5 Å². The molecule has 3 rings (SSSR count). The van der Waals surface area contributed by atoms with Crippen LogP contribution < -0.4 is 19.7 Å². The SMILES string of the molecule is CCOC(=O)C1(C)C=C(Nc2ccc(OC(F)F)cc2)C(=O)N1c1ccc(OC(F)F)cc1. The fraction of sp³-hybridized carbons (Fsp3) is 0.273. The van der Waals surface area contributed by atoms with Gasteiger partial charge < -0.3 is 19.5 Å². The maximum atomic E-state index is 13.2. The Balaban J connectivity index is 1.89. The zero-order valence-electron chi connectivity index (χ0n) is 17.6. The van der Waals surface area contributed by atoms with Crippen molar-refractivity contribution in [2.24, 2.45) is 0 Å². The van der Waals surface area contributed by atoms with E-state index in [2.05, 4.69) is 14.8 Å². The highest BCUT2D eigenvalue weighted by atomic mass is 19.3. The summed E-state index contributed by atoms with van der Waals surface area (Å²) in [4.78, 5) is 27.1. The van der Waals surface area contributed by atoms with Gasteiger partial charge in [0.25, 0.3) is 5.91 Å². The van der Waals surface area contributed by atoms with Crippen molar-refractivity contribution in [1.82, 2.24) is 0 Å². The first-order chi connectivity index (χ1) is 15.6. The summed E-state index contributed by atoms with van der Waals surface area (Å²) in [5, 5.41) is 2.86. The van der Waals surface area contributed by atoms with Crippen LogP contribution in [0.25, 0.3) is 0 Å². The Kier molecular flexibility index (Phi) is 7.10. The molecule has 1 aliphatic rings. The first-order valence-electron chi connectivity index (χ1n) is 9.75. The normalized spacial score (nSPS) is 17.9. The van der Waals surface area contributed by atoms with E-state index in [9.17, 15) is 27.2 Å². The lowest BCUT2D eigenvalue weighted by atomic mass is 10.0. The van der Waals surface area contributed by atoms with E-state index in [1.54, 1.807) is 6.92 Å². The van der Waals surface area contributed by atoms with Crippen molar-refractivity contribution in [3.63, 3.8) is 0 Å². The quantitative estimate of drug-likeness (QED) is 0.430. The molecule has 0 radical (unpaired) electrons. The maximum absolute atomic E-state index is 13.2. The zero-order chi connectivity index (χ0) is 24.2. The third-order valence-electron chi connectivity index (χ3n) is 4.69. The minimum absolute atomic E-state index is 0.0287. The standard InChI is InChI=1S/C22H20F4N2O5/c1-3-31-19(30)22(2)12-17(27-13-4-8-15(9-5-13)32-20(23)24)18(29)28(22)14-6-10-16(11-7-14)33-21(25)26/h4-12,20-21,27H,3H2,1-2H3. The number of anilines is 2. The predicted molar refractivity (Wildman–Crippen MR) is 110 cm³/mol. The number of nitrogens with zero attached hydrogens (tertiary/aromatic N) is 1. The molecule has 11 heteroatoms. The summed E-state index contributed by atoms with van der Waals surface area (Å²) in [5.74, 6) is -1.48. The van der Waals surface area contributed by atoms with Gasteiger partial charge in [-0.05, 0) is 68.5 Å². The van der Waals surface area contributed by atoms with Gasteiger partial charge >= 0.3 is 19.2 Å². The Morgan fingerprint density at radius 1 is 0.970 bits per heavy atom.